The fraction of sp³-hybridized carbons (Fsp3) is 0.875. The molecule has 0 aliphatic heterocycles. The van der Waals surface area contributed by atoms with Crippen molar-refractivity contribution in [3.63, 3.8) is 0 Å². The molecule has 1 heteroatoms. The molecule has 0 atom stereocenters. The average molecular weight is 126 g/mol. The third kappa shape index (κ3) is 2.17. The Hall–Kier alpha value is -0.330. The maximum absolute atomic E-state index is 10.4. The predicted octanol–water partition coefficient (Wildman–Crippen LogP) is 2.01. The van der Waals surface area contributed by atoms with E-state index in [1.807, 2.05) is 13.8 Å². The van der Waals surface area contributed by atoms with Crippen molar-refractivity contribution in [2.75, 3.05) is 0 Å². The second kappa shape index (κ2) is 2.13. The summed E-state index contributed by atoms with van der Waals surface area (Å²) in [4.78, 5) is 10.4. The molecule has 0 heterocycles. The fourth-order valence-corrected chi connectivity index (χ4v) is 1.11. The molecule has 1 rings (SSSR count). The Morgan fingerprint density at radius 2 is 2.11 bits per heavy atom. The highest BCUT2D eigenvalue weighted by atomic mass is 16.1. The fourth-order valence-electron chi connectivity index (χ4n) is 1.11. The van der Waals surface area contributed by atoms with E-state index >= 15 is 0 Å². The van der Waals surface area contributed by atoms with Gasteiger partial charge in [-0.3, -0.25) is 0 Å². The van der Waals surface area contributed by atoms with E-state index in [1.165, 1.54) is 12.8 Å². The van der Waals surface area contributed by atoms with E-state index in [0.29, 0.717) is 0 Å². The number of carbonyl (C=O) groups is 1. The predicted molar refractivity (Wildman–Crippen MR) is 37.2 cm³/mol. The van der Waals surface area contributed by atoms with Crippen LogP contribution in [-0.4, -0.2) is 6.29 Å². The first-order valence-electron chi connectivity index (χ1n) is 3.60. The molecular formula is C8H14O. The summed E-state index contributed by atoms with van der Waals surface area (Å²) in [5, 5.41) is 0. The lowest BCUT2D eigenvalue weighted by Crippen LogP contribution is -2.13. The standard InChI is InChI=1S/C8H14O/c1-8(2,6-9)5-7-3-4-7/h6-7H,3-5H2,1-2H3. The lowest BCUT2D eigenvalue weighted by Gasteiger charge is -2.14. The largest absolute Gasteiger partial charge is 0.303 e. The normalized spacial score (nSPS) is 19.8. The molecule has 0 N–H and O–H groups in total. The summed E-state index contributed by atoms with van der Waals surface area (Å²) in [6.45, 7) is 4.02. The van der Waals surface area contributed by atoms with Gasteiger partial charge in [-0.2, -0.15) is 0 Å². The Morgan fingerprint density at radius 1 is 1.56 bits per heavy atom. The zero-order chi connectivity index (χ0) is 6.91. The zero-order valence-electron chi connectivity index (χ0n) is 6.18. The van der Waals surface area contributed by atoms with Crippen LogP contribution in [0.2, 0.25) is 0 Å². The molecule has 0 saturated heterocycles. The van der Waals surface area contributed by atoms with Crippen LogP contribution in [0.25, 0.3) is 0 Å². The first kappa shape index (κ1) is 6.79. The summed E-state index contributed by atoms with van der Waals surface area (Å²) in [7, 11) is 0. The van der Waals surface area contributed by atoms with Crippen LogP contribution >= 0.6 is 0 Å². The van der Waals surface area contributed by atoms with Crippen LogP contribution in [0.15, 0.2) is 0 Å². The molecule has 9 heavy (non-hydrogen) atoms. The van der Waals surface area contributed by atoms with Gasteiger partial charge >= 0.3 is 0 Å². The Bertz CT molecular complexity index is 112. The van der Waals surface area contributed by atoms with Gasteiger partial charge in [-0.25, -0.2) is 0 Å². The molecule has 0 spiro atoms. The molecule has 1 aliphatic rings. The third-order valence-electron chi connectivity index (χ3n) is 1.83. The van der Waals surface area contributed by atoms with Gasteiger partial charge in [0.25, 0.3) is 0 Å². The quantitative estimate of drug-likeness (QED) is 0.529. The minimum atomic E-state index is -0.0544. The van der Waals surface area contributed by atoms with Crippen molar-refractivity contribution in [1.82, 2.24) is 0 Å². The third-order valence-corrected chi connectivity index (χ3v) is 1.83. The molecule has 1 fully saturated rings. The van der Waals surface area contributed by atoms with Crippen LogP contribution in [-0.2, 0) is 4.79 Å². The first-order valence-corrected chi connectivity index (χ1v) is 3.60. The molecule has 0 bridgehead atoms. The zero-order valence-corrected chi connectivity index (χ0v) is 6.18. The SMILES string of the molecule is CC(C)(C=O)CC1CC1. The van der Waals surface area contributed by atoms with E-state index in [-0.39, 0.29) is 5.41 Å². The Kier molecular flexibility index (Phi) is 1.60. The van der Waals surface area contributed by atoms with Crippen molar-refractivity contribution in [3.8, 4) is 0 Å². The van der Waals surface area contributed by atoms with E-state index < -0.39 is 0 Å². The average Bonchev–Trinajstić information content (AvgIpc) is 2.50. The van der Waals surface area contributed by atoms with Gasteiger partial charge < -0.3 is 4.79 Å². The van der Waals surface area contributed by atoms with Crippen molar-refractivity contribution < 1.29 is 4.79 Å². The van der Waals surface area contributed by atoms with Gasteiger partial charge in [0.2, 0.25) is 0 Å². The minimum absolute atomic E-state index is 0.0544. The second-order valence-electron chi connectivity index (χ2n) is 3.75. The molecule has 0 aromatic rings. The maximum Gasteiger partial charge on any atom is 0.125 e. The van der Waals surface area contributed by atoms with E-state index in [2.05, 4.69) is 0 Å². The van der Waals surface area contributed by atoms with Gasteiger partial charge in [-0.1, -0.05) is 26.7 Å². The van der Waals surface area contributed by atoms with Crippen molar-refractivity contribution in [2.24, 2.45) is 11.3 Å². The van der Waals surface area contributed by atoms with Crippen molar-refractivity contribution in [3.05, 3.63) is 0 Å². The van der Waals surface area contributed by atoms with Crippen LogP contribution in [0.4, 0.5) is 0 Å². The van der Waals surface area contributed by atoms with Crippen LogP contribution in [0.3, 0.4) is 0 Å². The van der Waals surface area contributed by atoms with Crippen LogP contribution < -0.4 is 0 Å². The number of rotatable bonds is 3. The topological polar surface area (TPSA) is 17.1 Å². The smallest absolute Gasteiger partial charge is 0.125 e. The van der Waals surface area contributed by atoms with Crippen molar-refractivity contribution >= 4 is 6.29 Å². The van der Waals surface area contributed by atoms with Crippen molar-refractivity contribution in [2.45, 2.75) is 33.1 Å². The van der Waals surface area contributed by atoms with Gasteiger partial charge in [0, 0.05) is 5.41 Å². The van der Waals surface area contributed by atoms with Gasteiger partial charge in [-0.05, 0) is 12.3 Å². The van der Waals surface area contributed by atoms with Crippen molar-refractivity contribution in [1.29, 1.82) is 0 Å². The molecule has 0 radical (unpaired) electrons. The van der Waals surface area contributed by atoms with Crippen LogP contribution in [0.1, 0.15) is 33.1 Å². The molecule has 1 saturated carbocycles. The number of carbonyl (C=O) groups excluding carboxylic acids is 1. The Labute approximate surface area is 56.4 Å². The summed E-state index contributed by atoms with van der Waals surface area (Å²) < 4.78 is 0. The lowest BCUT2D eigenvalue weighted by molar-refractivity contribution is -0.115. The highest BCUT2D eigenvalue weighted by molar-refractivity contribution is 5.57. The van der Waals surface area contributed by atoms with Crippen LogP contribution in [0, 0.1) is 11.3 Å². The molecule has 1 nitrogen and oxygen atoms in total. The van der Waals surface area contributed by atoms with E-state index in [9.17, 15) is 4.79 Å². The van der Waals surface area contributed by atoms with Gasteiger partial charge in [-0.15, -0.1) is 0 Å². The lowest BCUT2D eigenvalue weighted by atomic mass is 9.89. The van der Waals surface area contributed by atoms with E-state index in [0.717, 1.165) is 18.6 Å². The van der Waals surface area contributed by atoms with Crippen LogP contribution in [0.5, 0.6) is 0 Å². The number of hydrogen-bond acceptors (Lipinski definition) is 1. The summed E-state index contributed by atoms with van der Waals surface area (Å²) in [5.74, 6) is 0.866. The summed E-state index contributed by atoms with van der Waals surface area (Å²) >= 11 is 0. The molecule has 0 unspecified atom stereocenters. The molecular weight excluding hydrogens is 112 g/mol. The highest BCUT2D eigenvalue weighted by Crippen LogP contribution is 2.38. The van der Waals surface area contributed by atoms with Gasteiger partial charge in [0.1, 0.15) is 6.29 Å². The maximum atomic E-state index is 10.4. The Balaban J connectivity index is 2.29. The van der Waals surface area contributed by atoms with E-state index in [1.54, 1.807) is 0 Å². The second-order valence-corrected chi connectivity index (χ2v) is 3.75. The molecule has 0 amide bonds. The molecule has 1 aliphatic carbocycles. The van der Waals surface area contributed by atoms with Gasteiger partial charge in [0.15, 0.2) is 0 Å². The molecule has 52 valence electrons. The summed E-state index contributed by atoms with van der Waals surface area (Å²) in [6, 6.07) is 0. The highest BCUT2D eigenvalue weighted by Gasteiger charge is 2.29. The van der Waals surface area contributed by atoms with E-state index in [4.69, 9.17) is 0 Å². The summed E-state index contributed by atoms with van der Waals surface area (Å²) in [5.41, 5.74) is -0.0544. The summed E-state index contributed by atoms with van der Waals surface area (Å²) in [6.07, 6.45) is 4.86. The monoisotopic (exact) mass is 126 g/mol. The Morgan fingerprint density at radius 3 is 2.44 bits per heavy atom. The molecule has 0 aromatic heterocycles. The number of aldehydes is 1. The minimum Gasteiger partial charge on any atom is -0.303 e. The van der Waals surface area contributed by atoms with Gasteiger partial charge in [0.05, 0.1) is 0 Å². The first-order chi connectivity index (χ1) is 4.14. The number of hydrogen-bond donors (Lipinski definition) is 0. The molecule has 0 aromatic carbocycles.